The zero-order chi connectivity index (χ0) is 18.2. The van der Waals surface area contributed by atoms with E-state index >= 15 is 0 Å². The van der Waals surface area contributed by atoms with Crippen LogP contribution in [0.4, 0.5) is 0 Å². The zero-order valence-electron chi connectivity index (χ0n) is 17.5. The van der Waals surface area contributed by atoms with E-state index in [1.165, 1.54) is 103 Å². The first-order valence-electron chi connectivity index (χ1n) is 11.9. The lowest BCUT2D eigenvalue weighted by Gasteiger charge is -2.40. The molecule has 0 N–H and O–H groups in total. The molecule has 3 saturated carbocycles. The van der Waals surface area contributed by atoms with Crippen molar-refractivity contribution in [3.8, 4) is 0 Å². The van der Waals surface area contributed by atoms with Crippen molar-refractivity contribution in [3.05, 3.63) is 0 Å². The van der Waals surface area contributed by atoms with Gasteiger partial charge in [-0.15, -0.1) is 0 Å². The third kappa shape index (κ3) is 5.47. The van der Waals surface area contributed by atoms with E-state index in [1.54, 1.807) is 0 Å². The van der Waals surface area contributed by atoms with Crippen LogP contribution in [0.3, 0.4) is 0 Å². The van der Waals surface area contributed by atoms with Crippen molar-refractivity contribution in [2.45, 2.75) is 122 Å². The average Bonchev–Trinajstić information content (AvgIpc) is 2.72. The third-order valence-electron chi connectivity index (χ3n) is 7.38. The van der Waals surface area contributed by atoms with Gasteiger partial charge in [-0.1, -0.05) is 52.4 Å². The Morgan fingerprint density at radius 1 is 0.654 bits per heavy atom. The molecule has 3 aliphatic rings. The summed E-state index contributed by atoms with van der Waals surface area (Å²) in [5.41, 5.74) is 0. The molecule has 0 radical (unpaired) electrons. The Morgan fingerprint density at radius 3 is 1.62 bits per heavy atom. The molecule has 3 rings (SSSR count). The summed E-state index contributed by atoms with van der Waals surface area (Å²) in [6.07, 6.45) is 21.8. The summed E-state index contributed by atoms with van der Waals surface area (Å²) in [7, 11) is 0. The van der Waals surface area contributed by atoms with Gasteiger partial charge >= 0.3 is 0 Å². The van der Waals surface area contributed by atoms with Gasteiger partial charge in [0, 0.05) is 24.3 Å². The van der Waals surface area contributed by atoms with E-state index in [9.17, 15) is 0 Å². The first kappa shape index (κ1) is 20.2. The van der Waals surface area contributed by atoms with Crippen molar-refractivity contribution in [1.82, 2.24) is 9.91 Å². The molecular weight excluding hydrogens is 318 g/mol. The standard InChI is InChI=1S/C23H43N3/c1-3-25(4-2)21-17-15-20(16-18-21)19-24-26(22-11-7-5-8-12-22)23-13-9-6-10-14-23/h19-23H,3-18H2,1-2H3. The Bertz CT molecular complexity index is 380. The molecule has 0 saturated heterocycles. The van der Waals surface area contributed by atoms with Crippen LogP contribution in [0.1, 0.15) is 104 Å². The molecule has 0 amide bonds. The molecular formula is C23H43N3. The second-order valence-corrected chi connectivity index (χ2v) is 9.02. The second kappa shape index (κ2) is 10.7. The minimum Gasteiger partial charge on any atom is -0.301 e. The van der Waals surface area contributed by atoms with Gasteiger partial charge in [-0.25, -0.2) is 0 Å². The number of hydrogen-bond donors (Lipinski definition) is 0. The molecule has 0 aromatic rings. The van der Waals surface area contributed by atoms with Crippen LogP contribution >= 0.6 is 0 Å². The number of nitrogens with zero attached hydrogens (tertiary/aromatic N) is 3. The van der Waals surface area contributed by atoms with Gasteiger partial charge in [0.05, 0.1) is 0 Å². The minimum atomic E-state index is 0.719. The maximum absolute atomic E-state index is 5.20. The second-order valence-electron chi connectivity index (χ2n) is 9.02. The predicted octanol–water partition coefficient (Wildman–Crippen LogP) is 5.84. The fourth-order valence-corrected chi connectivity index (χ4v) is 5.70. The topological polar surface area (TPSA) is 18.8 Å². The molecule has 150 valence electrons. The van der Waals surface area contributed by atoms with Crippen LogP contribution in [0, 0.1) is 5.92 Å². The lowest BCUT2D eigenvalue weighted by molar-refractivity contribution is 0.0842. The lowest BCUT2D eigenvalue weighted by Crippen LogP contribution is -2.42. The van der Waals surface area contributed by atoms with Crippen LogP contribution < -0.4 is 0 Å². The van der Waals surface area contributed by atoms with Crippen LogP contribution in [0.2, 0.25) is 0 Å². The molecule has 0 heterocycles. The molecule has 3 heteroatoms. The van der Waals surface area contributed by atoms with Crippen LogP contribution in [-0.4, -0.2) is 47.3 Å². The van der Waals surface area contributed by atoms with Crippen LogP contribution in [0.25, 0.3) is 0 Å². The van der Waals surface area contributed by atoms with E-state index in [0.717, 1.165) is 24.0 Å². The van der Waals surface area contributed by atoms with Crippen molar-refractivity contribution in [1.29, 1.82) is 0 Å². The van der Waals surface area contributed by atoms with Crippen molar-refractivity contribution in [2.24, 2.45) is 11.0 Å². The van der Waals surface area contributed by atoms with Gasteiger partial charge in [0.2, 0.25) is 0 Å². The summed E-state index contributed by atoms with van der Waals surface area (Å²) in [5.74, 6) is 0.719. The van der Waals surface area contributed by atoms with E-state index in [0.29, 0.717) is 0 Å². The first-order chi connectivity index (χ1) is 12.8. The largest absolute Gasteiger partial charge is 0.301 e. The molecule has 3 nitrogen and oxygen atoms in total. The summed E-state index contributed by atoms with van der Waals surface area (Å²) in [6.45, 7) is 7.03. The summed E-state index contributed by atoms with van der Waals surface area (Å²) in [4.78, 5) is 2.66. The molecule has 0 atom stereocenters. The van der Waals surface area contributed by atoms with E-state index in [2.05, 4.69) is 30.0 Å². The molecule has 26 heavy (non-hydrogen) atoms. The van der Waals surface area contributed by atoms with Gasteiger partial charge in [0.25, 0.3) is 0 Å². The predicted molar refractivity (Wildman–Crippen MR) is 113 cm³/mol. The molecule has 0 bridgehead atoms. The number of rotatable bonds is 7. The zero-order valence-corrected chi connectivity index (χ0v) is 17.5. The smallest absolute Gasteiger partial charge is 0.0473 e. The highest BCUT2D eigenvalue weighted by molar-refractivity contribution is 5.60. The molecule has 3 fully saturated rings. The van der Waals surface area contributed by atoms with Gasteiger partial charge in [-0.2, -0.15) is 5.10 Å². The van der Waals surface area contributed by atoms with Crippen molar-refractivity contribution in [2.75, 3.05) is 13.1 Å². The third-order valence-corrected chi connectivity index (χ3v) is 7.38. The lowest BCUT2D eigenvalue weighted by atomic mass is 9.86. The molecule has 3 aliphatic carbocycles. The van der Waals surface area contributed by atoms with Crippen LogP contribution in [0.15, 0.2) is 5.10 Å². The van der Waals surface area contributed by atoms with Crippen molar-refractivity contribution < 1.29 is 0 Å². The number of hydrazone groups is 1. The first-order valence-corrected chi connectivity index (χ1v) is 11.9. The van der Waals surface area contributed by atoms with E-state index in [-0.39, 0.29) is 0 Å². The Labute approximate surface area is 162 Å². The van der Waals surface area contributed by atoms with Crippen LogP contribution in [0.5, 0.6) is 0 Å². The van der Waals surface area contributed by atoms with Gasteiger partial charge in [-0.3, -0.25) is 5.01 Å². The average molecular weight is 362 g/mol. The van der Waals surface area contributed by atoms with E-state index < -0.39 is 0 Å². The van der Waals surface area contributed by atoms with Gasteiger partial charge in [0.1, 0.15) is 0 Å². The Hall–Kier alpha value is -0.570. The SMILES string of the molecule is CCN(CC)C1CCC(C=NN(C2CCCCC2)C2CCCCC2)CC1. The summed E-state index contributed by atoms with van der Waals surface area (Å²) < 4.78 is 0. The monoisotopic (exact) mass is 361 g/mol. The molecule has 0 spiro atoms. The normalized spacial score (nSPS) is 29.5. The maximum Gasteiger partial charge on any atom is 0.0473 e. The molecule has 0 aromatic heterocycles. The Kier molecular flexibility index (Phi) is 8.29. The van der Waals surface area contributed by atoms with E-state index in [1.807, 2.05) is 0 Å². The summed E-state index contributed by atoms with van der Waals surface area (Å²) >= 11 is 0. The quantitative estimate of drug-likeness (QED) is 0.419. The minimum absolute atomic E-state index is 0.719. The Morgan fingerprint density at radius 2 is 1.15 bits per heavy atom. The van der Waals surface area contributed by atoms with Crippen molar-refractivity contribution >= 4 is 6.21 Å². The highest BCUT2D eigenvalue weighted by atomic mass is 15.5. The van der Waals surface area contributed by atoms with Crippen molar-refractivity contribution in [3.63, 3.8) is 0 Å². The highest BCUT2D eigenvalue weighted by Crippen LogP contribution is 2.31. The summed E-state index contributed by atoms with van der Waals surface area (Å²) in [5, 5.41) is 7.81. The molecule has 0 aromatic carbocycles. The summed E-state index contributed by atoms with van der Waals surface area (Å²) in [6, 6.07) is 2.28. The Balaban J connectivity index is 1.56. The number of hydrogen-bond acceptors (Lipinski definition) is 3. The highest BCUT2D eigenvalue weighted by Gasteiger charge is 2.28. The van der Waals surface area contributed by atoms with Gasteiger partial charge in [-0.05, 0) is 70.4 Å². The van der Waals surface area contributed by atoms with Gasteiger partial charge < -0.3 is 4.90 Å². The maximum atomic E-state index is 5.20. The fourth-order valence-electron chi connectivity index (χ4n) is 5.70. The fraction of sp³-hybridized carbons (Fsp3) is 0.957. The molecule has 0 aliphatic heterocycles. The molecule has 0 unspecified atom stereocenters. The van der Waals surface area contributed by atoms with Gasteiger partial charge in [0.15, 0.2) is 0 Å². The van der Waals surface area contributed by atoms with Crippen LogP contribution in [-0.2, 0) is 0 Å². The van der Waals surface area contributed by atoms with E-state index in [4.69, 9.17) is 5.10 Å².